The third-order valence-electron chi connectivity index (χ3n) is 4.16. The van der Waals surface area contributed by atoms with Gasteiger partial charge in [-0.05, 0) is 55.3 Å². The summed E-state index contributed by atoms with van der Waals surface area (Å²) in [5, 5.41) is 9.66. The molecule has 0 fully saturated rings. The maximum Gasteiger partial charge on any atom is 0.271 e. The number of amidine groups is 1. The fourth-order valence-corrected chi connectivity index (χ4v) is 3.57. The van der Waals surface area contributed by atoms with Crippen LogP contribution in [0.2, 0.25) is 5.02 Å². The van der Waals surface area contributed by atoms with E-state index in [1.54, 1.807) is 36.0 Å². The summed E-state index contributed by atoms with van der Waals surface area (Å²) in [4.78, 5) is 16.6. The standard InChI is InChI=1S/C20H21ClN4OS/c1-3-18-12-22-20(27-18)23-17-10-6-14(7-11-17)13(2)24-25-19(26)15-4-8-16(21)9-5-15/h4-11,18H,3,12H2,1-2H3,(H,22,23)(H,25,26)/b24-13-/t18-/m1/s1. The van der Waals surface area contributed by atoms with Crippen molar-refractivity contribution in [3.8, 4) is 0 Å². The van der Waals surface area contributed by atoms with Crippen molar-refractivity contribution >= 4 is 45.8 Å². The first-order valence-electron chi connectivity index (χ1n) is 8.74. The van der Waals surface area contributed by atoms with Gasteiger partial charge < -0.3 is 5.32 Å². The Morgan fingerprint density at radius 1 is 1.19 bits per heavy atom. The molecule has 0 aliphatic carbocycles. The lowest BCUT2D eigenvalue weighted by molar-refractivity contribution is 0.0955. The molecule has 0 spiro atoms. The van der Waals surface area contributed by atoms with Gasteiger partial charge in [-0.15, -0.1) is 0 Å². The number of aliphatic imine (C=N–C) groups is 1. The lowest BCUT2D eigenvalue weighted by atomic mass is 10.1. The van der Waals surface area contributed by atoms with Crippen molar-refractivity contribution in [3.05, 3.63) is 64.7 Å². The number of halogens is 1. The maximum absolute atomic E-state index is 12.1. The number of carbonyl (C=O) groups excluding carboxylic acids is 1. The third-order valence-corrected chi connectivity index (χ3v) is 5.68. The average molecular weight is 401 g/mol. The summed E-state index contributed by atoms with van der Waals surface area (Å²) in [6.07, 6.45) is 1.12. The van der Waals surface area contributed by atoms with Crippen molar-refractivity contribution in [1.82, 2.24) is 5.43 Å². The van der Waals surface area contributed by atoms with Gasteiger partial charge in [0.2, 0.25) is 0 Å². The van der Waals surface area contributed by atoms with Crippen LogP contribution in [0.5, 0.6) is 0 Å². The average Bonchev–Trinajstić information content (AvgIpc) is 3.14. The van der Waals surface area contributed by atoms with Crippen LogP contribution in [0.15, 0.2) is 58.6 Å². The Morgan fingerprint density at radius 2 is 1.85 bits per heavy atom. The van der Waals surface area contributed by atoms with Gasteiger partial charge in [0.05, 0.1) is 12.3 Å². The van der Waals surface area contributed by atoms with Gasteiger partial charge in [-0.2, -0.15) is 5.10 Å². The molecule has 1 aliphatic heterocycles. The van der Waals surface area contributed by atoms with Gasteiger partial charge in [0.25, 0.3) is 5.91 Å². The van der Waals surface area contributed by atoms with Crippen LogP contribution in [0.4, 0.5) is 5.69 Å². The van der Waals surface area contributed by atoms with E-state index in [0.29, 0.717) is 15.8 Å². The number of amides is 1. The molecule has 1 amide bonds. The van der Waals surface area contributed by atoms with Gasteiger partial charge in [0, 0.05) is 21.5 Å². The highest BCUT2D eigenvalue weighted by Crippen LogP contribution is 2.24. The van der Waals surface area contributed by atoms with Crippen molar-refractivity contribution in [2.75, 3.05) is 11.9 Å². The molecular weight excluding hydrogens is 380 g/mol. The number of hydrogen-bond donors (Lipinski definition) is 2. The van der Waals surface area contributed by atoms with Crippen molar-refractivity contribution in [3.63, 3.8) is 0 Å². The Balaban J connectivity index is 1.58. The van der Waals surface area contributed by atoms with E-state index in [0.717, 1.165) is 35.1 Å². The number of rotatable bonds is 5. The smallest absolute Gasteiger partial charge is 0.271 e. The fourth-order valence-electron chi connectivity index (χ4n) is 2.48. The number of benzene rings is 2. The minimum absolute atomic E-state index is 0.272. The number of nitrogens with one attached hydrogen (secondary N) is 2. The fraction of sp³-hybridized carbons (Fsp3) is 0.250. The number of carbonyl (C=O) groups is 1. The van der Waals surface area contributed by atoms with Gasteiger partial charge in [-0.1, -0.05) is 42.4 Å². The lowest BCUT2D eigenvalue weighted by Gasteiger charge is -2.08. The maximum atomic E-state index is 12.1. The van der Waals surface area contributed by atoms with Gasteiger partial charge in [-0.25, -0.2) is 5.43 Å². The Bertz CT molecular complexity index is 863. The van der Waals surface area contributed by atoms with Crippen LogP contribution in [0, 0.1) is 0 Å². The molecule has 2 aromatic carbocycles. The molecule has 3 rings (SSSR count). The zero-order valence-corrected chi connectivity index (χ0v) is 16.8. The zero-order valence-electron chi connectivity index (χ0n) is 15.2. The number of thioether (sulfide) groups is 1. The molecule has 0 unspecified atom stereocenters. The quantitative estimate of drug-likeness (QED) is 0.560. The predicted molar refractivity (Wildman–Crippen MR) is 115 cm³/mol. The van der Waals surface area contributed by atoms with E-state index in [4.69, 9.17) is 11.6 Å². The molecular formula is C20H21ClN4OS. The van der Waals surface area contributed by atoms with Crippen LogP contribution in [-0.4, -0.2) is 28.6 Å². The van der Waals surface area contributed by atoms with Crippen molar-refractivity contribution in [1.29, 1.82) is 0 Å². The molecule has 2 N–H and O–H groups in total. The molecule has 140 valence electrons. The highest BCUT2D eigenvalue weighted by atomic mass is 35.5. The second kappa shape index (κ2) is 9.06. The lowest BCUT2D eigenvalue weighted by Crippen LogP contribution is -2.19. The van der Waals surface area contributed by atoms with Gasteiger partial charge >= 0.3 is 0 Å². The van der Waals surface area contributed by atoms with E-state index in [9.17, 15) is 4.79 Å². The first-order valence-corrected chi connectivity index (χ1v) is 9.99. The summed E-state index contributed by atoms with van der Waals surface area (Å²) in [6.45, 7) is 4.91. The van der Waals surface area contributed by atoms with Gasteiger partial charge in [-0.3, -0.25) is 9.79 Å². The number of hydrogen-bond acceptors (Lipinski definition) is 5. The van der Waals surface area contributed by atoms with Crippen molar-refractivity contribution in [2.24, 2.45) is 10.1 Å². The summed E-state index contributed by atoms with van der Waals surface area (Å²) >= 11 is 7.62. The van der Waals surface area contributed by atoms with Crippen LogP contribution in [0.3, 0.4) is 0 Å². The Morgan fingerprint density at radius 3 is 2.48 bits per heavy atom. The van der Waals surface area contributed by atoms with Crippen LogP contribution in [-0.2, 0) is 0 Å². The second-order valence-electron chi connectivity index (χ2n) is 6.14. The predicted octanol–water partition coefficient (Wildman–Crippen LogP) is 4.79. The molecule has 7 heteroatoms. The van der Waals surface area contributed by atoms with Gasteiger partial charge in [0.15, 0.2) is 5.17 Å². The van der Waals surface area contributed by atoms with Crippen LogP contribution in [0.25, 0.3) is 0 Å². The van der Waals surface area contributed by atoms with Crippen molar-refractivity contribution in [2.45, 2.75) is 25.5 Å². The van der Waals surface area contributed by atoms with E-state index >= 15 is 0 Å². The van der Waals surface area contributed by atoms with Crippen molar-refractivity contribution < 1.29 is 4.79 Å². The van der Waals surface area contributed by atoms with E-state index < -0.39 is 0 Å². The van der Waals surface area contributed by atoms with Crippen LogP contribution in [0.1, 0.15) is 36.2 Å². The second-order valence-corrected chi connectivity index (χ2v) is 7.87. The molecule has 0 saturated carbocycles. The summed E-state index contributed by atoms with van der Waals surface area (Å²) in [5.41, 5.74) is 5.72. The number of anilines is 1. The topological polar surface area (TPSA) is 65.8 Å². The largest absolute Gasteiger partial charge is 0.335 e. The normalized spacial score (nSPS) is 16.8. The Hall–Kier alpha value is -2.31. The summed E-state index contributed by atoms with van der Waals surface area (Å²) < 4.78 is 0. The first kappa shape index (κ1) is 19.5. The van der Waals surface area contributed by atoms with E-state index in [1.165, 1.54) is 0 Å². The molecule has 1 heterocycles. The van der Waals surface area contributed by atoms with E-state index in [-0.39, 0.29) is 5.91 Å². The number of nitrogens with zero attached hydrogens (tertiary/aromatic N) is 2. The molecule has 1 aliphatic rings. The SMILES string of the molecule is CC[C@@H]1CN=C(Nc2ccc(/C(C)=N\NC(=O)c3ccc(Cl)cc3)cc2)S1. The molecule has 0 bridgehead atoms. The molecule has 27 heavy (non-hydrogen) atoms. The molecule has 0 aromatic heterocycles. The molecule has 0 radical (unpaired) electrons. The summed E-state index contributed by atoms with van der Waals surface area (Å²) in [7, 11) is 0. The summed E-state index contributed by atoms with van der Waals surface area (Å²) in [5.74, 6) is -0.272. The van der Waals surface area contributed by atoms with Crippen LogP contribution >= 0.6 is 23.4 Å². The Labute approximate surface area is 168 Å². The summed E-state index contributed by atoms with van der Waals surface area (Å²) in [6, 6.07) is 14.6. The molecule has 0 saturated heterocycles. The third kappa shape index (κ3) is 5.34. The van der Waals surface area contributed by atoms with Gasteiger partial charge in [0.1, 0.15) is 0 Å². The van der Waals surface area contributed by atoms with Crippen LogP contribution < -0.4 is 10.7 Å². The highest BCUT2D eigenvalue weighted by molar-refractivity contribution is 8.15. The molecule has 5 nitrogen and oxygen atoms in total. The molecule has 1 atom stereocenters. The zero-order chi connectivity index (χ0) is 19.2. The van der Waals surface area contributed by atoms with E-state index in [2.05, 4.69) is 27.8 Å². The minimum Gasteiger partial charge on any atom is -0.335 e. The van der Waals surface area contributed by atoms with E-state index in [1.807, 2.05) is 31.2 Å². The number of hydrazone groups is 1. The first-order chi connectivity index (χ1) is 13.0. The Kier molecular flexibility index (Phi) is 6.53. The minimum atomic E-state index is -0.272. The molecule has 2 aromatic rings. The monoisotopic (exact) mass is 400 g/mol. The highest BCUT2D eigenvalue weighted by Gasteiger charge is 2.17.